The zero-order valence-corrected chi connectivity index (χ0v) is 17.4. The molecule has 1 heterocycles. The summed E-state index contributed by atoms with van der Waals surface area (Å²) >= 11 is 11.9. The third-order valence-electron chi connectivity index (χ3n) is 4.31. The van der Waals surface area contributed by atoms with Crippen molar-refractivity contribution in [3.05, 3.63) is 69.6 Å². The molecule has 1 aliphatic rings. The van der Waals surface area contributed by atoms with Gasteiger partial charge in [0.1, 0.15) is 16.5 Å². The van der Waals surface area contributed by atoms with E-state index in [1.807, 2.05) is 6.92 Å². The Morgan fingerprint density at radius 1 is 1.13 bits per heavy atom. The van der Waals surface area contributed by atoms with Gasteiger partial charge in [0.25, 0.3) is 11.8 Å². The van der Waals surface area contributed by atoms with Gasteiger partial charge in [0.05, 0.1) is 22.9 Å². The molecule has 0 saturated heterocycles. The van der Waals surface area contributed by atoms with Crippen molar-refractivity contribution in [2.75, 3.05) is 16.8 Å². The highest BCUT2D eigenvalue weighted by Gasteiger charge is 2.40. The number of benzene rings is 2. The summed E-state index contributed by atoms with van der Waals surface area (Å²) in [7, 11) is 0. The molecule has 0 aliphatic carbocycles. The molecule has 0 radical (unpaired) electrons. The third kappa shape index (κ3) is 4.32. The van der Waals surface area contributed by atoms with Crippen LogP contribution < -0.4 is 10.2 Å². The molecule has 0 fully saturated rings. The molecule has 6 nitrogen and oxygen atoms in total. The first kappa shape index (κ1) is 21.8. The quantitative estimate of drug-likeness (QED) is 0.369. The first-order valence-corrected chi connectivity index (χ1v) is 9.87. The molecule has 0 saturated carbocycles. The van der Waals surface area contributed by atoms with Crippen LogP contribution in [-0.4, -0.2) is 24.4 Å². The average molecular weight is 451 g/mol. The molecule has 0 unspecified atom stereocenters. The largest absolute Gasteiger partial charge is 0.462 e. The van der Waals surface area contributed by atoms with Crippen molar-refractivity contribution >= 4 is 52.4 Å². The smallest absolute Gasteiger partial charge is 0.340 e. The minimum Gasteiger partial charge on any atom is -0.462 e. The van der Waals surface area contributed by atoms with E-state index >= 15 is 0 Å². The molecule has 9 heteroatoms. The molecule has 0 aromatic heterocycles. The Morgan fingerprint density at radius 2 is 1.87 bits per heavy atom. The molecule has 0 atom stereocenters. The minimum atomic E-state index is -0.800. The van der Waals surface area contributed by atoms with Crippen molar-refractivity contribution in [2.45, 2.75) is 19.8 Å². The normalized spacial score (nSPS) is 13.8. The van der Waals surface area contributed by atoms with Gasteiger partial charge in [0.2, 0.25) is 0 Å². The Hall–Kier alpha value is -2.90. The lowest BCUT2D eigenvalue weighted by Gasteiger charge is -2.18. The lowest BCUT2D eigenvalue weighted by atomic mass is 10.1. The highest BCUT2D eigenvalue weighted by Crippen LogP contribution is 2.33. The van der Waals surface area contributed by atoms with Crippen LogP contribution in [0, 0.1) is 5.82 Å². The SMILES string of the molecule is CCCCOC(=O)c1ccccc1N1C(=O)C(Cl)=C(Nc2ccc(F)c(Cl)c2)C1=O. The summed E-state index contributed by atoms with van der Waals surface area (Å²) in [4.78, 5) is 38.9. The highest BCUT2D eigenvalue weighted by atomic mass is 35.5. The van der Waals surface area contributed by atoms with E-state index in [4.69, 9.17) is 27.9 Å². The molecule has 0 spiro atoms. The van der Waals surface area contributed by atoms with Crippen molar-refractivity contribution in [1.82, 2.24) is 0 Å². The molecule has 30 heavy (non-hydrogen) atoms. The van der Waals surface area contributed by atoms with Gasteiger partial charge in [-0.25, -0.2) is 14.1 Å². The summed E-state index contributed by atoms with van der Waals surface area (Å²) in [5, 5.41) is 2.17. The molecule has 1 N–H and O–H groups in total. The van der Waals surface area contributed by atoms with Crippen LogP contribution in [0.4, 0.5) is 15.8 Å². The first-order chi connectivity index (χ1) is 14.3. The van der Waals surface area contributed by atoms with Gasteiger partial charge in [-0.1, -0.05) is 48.7 Å². The van der Waals surface area contributed by atoms with E-state index in [0.717, 1.165) is 17.4 Å². The number of nitrogens with one attached hydrogen (secondary N) is 1. The molecular formula is C21H17Cl2FN2O4. The standard InChI is InChI=1S/C21H17Cl2FN2O4/c1-2-3-10-30-21(29)13-6-4-5-7-16(13)26-19(27)17(23)18(20(26)28)25-12-8-9-15(24)14(22)11-12/h4-9,11,25H,2-3,10H2,1H3. The lowest BCUT2D eigenvalue weighted by molar-refractivity contribution is -0.120. The van der Waals surface area contributed by atoms with Crippen LogP contribution in [0.1, 0.15) is 30.1 Å². The number of para-hydroxylation sites is 1. The van der Waals surface area contributed by atoms with E-state index in [1.54, 1.807) is 12.1 Å². The van der Waals surface area contributed by atoms with E-state index in [9.17, 15) is 18.8 Å². The highest BCUT2D eigenvalue weighted by molar-refractivity contribution is 6.53. The van der Waals surface area contributed by atoms with Crippen LogP contribution in [0.2, 0.25) is 5.02 Å². The van der Waals surface area contributed by atoms with Crippen molar-refractivity contribution in [1.29, 1.82) is 0 Å². The Bertz CT molecular complexity index is 1060. The number of amides is 2. The number of halogens is 3. The van der Waals surface area contributed by atoms with Gasteiger partial charge in [0, 0.05) is 5.69 Å². The van der Waals surface area contributed by atoms with Crippen LogP contribution in [-0.2, 0) is 14.3 Å². The van der Waals surface area contributed by atoms with Gasteiger partial charge >= 0.3 is 5.97 Å². The summed E-state index contributed by atoms with van der Waals surface area (Å²) in [5.41, 5.74) is 0.176. The van der Waals surface area contributed by atoms with E-state index in [-0.39, 0.29) is 39.3 Å². The van der Waals surface area contributed by atoms with Crippen molar-refractivity contribution in [3.63, 3.8) is 0 Å². The fraction of sp³-hybridized carbons (Fsp3) is 0.190. The van der Waals surface area contributed by atoms with Crippen LogP contribution in [0.15, 0.2) is 53.2 Å². The van der Waals surface area contributed by atoms with Crippen LogP contribution in [0.5, 0.6) is 0 Å². The van der Waals surface area contributed by atoms with Crippen molar-refractivity contribution < 1.29 is 23.5 Å². The topological polar surface area (TPSA) is 75.7 Å². The Morgan fingerprint density at radius 3 is 2.57 bits per heavy atom. The Balaban J connectivity index is 1.89. The van der Waals surface area contributed by atoms with Gasteiger partial charge in [-0.15, -0.1) is 0 Å². The van der Waals surface area contributed by atoms with E-state index in [0.29, 0.717) is 6.42 Å². The minimum absolute atomic E-state index is 0.0566. The monoisotopic (exact) mass is 450 g/mol. The predicted molar refractivity (Wildman–Crippen MR) is 112 cm³/mol. The van der Waals surface area contributed by atoms with Crippen LogP contribution >= 0.6 is 23.2 Å². The number of hydrogen-bond donors (Lipinski definition) is 1. The van der Waals surface area contributed by atoms with Crippen molar-refractivity contribution in [3.8, 4) is 0 Å². The average Bonchev–Trinajstić information content (AvgIpc) is 2.94. The number of rotatable bonds is 7. The third-order valence-corrected chi connectivity index (χ3v) is 4.95. The van der Waals surface area contributed by atoms with Crippen molar-refractivity contribution in [2.24, 2.45) is 0 Å². The number of nitrogens with zero attached hydrogens (tertiary/aromatic N) is 1. The van der Waals surface area contributed by atoms with E-state index in [1.165, 1.54) is 24.3 Å². The summed E-state index contributed by atoms with van der Waals surface area (Å²) in [6.07, 6.45) is 1.54. The number of anilines is 2. The second-order valence-corrected chi connectivity index (χ2v) is 7.18. The molecule has 2 aromatic carbocycles. The molecule has 2 amide bonds. The second kappa shape index (κ2) is 9.28. The maximum atomic E-state index is 13.4. The summed E-state index contributed by atoms with van der Waals surface area (Å²) in [6, 6.07) is 9.81. The Kier molecular flexibility index (Phi) is 6.74. The van der Waals surface area contributed by atoms with E-state index < -0.39 is 23.6 Å². The fourth-order valence-corrected chi connectivity index (χ4v) is 3.17. The summed E-state index contributed by atoms with van der Waals surface area (Å²) < 4.78 is 18.6. The van der Waals surface area contributed by atoms with Gasteiger partial charge in [-0.2, -0.15) is 0 Å². The lowest BCUT2D eigenvalue weighted by Crippen LogP contribution is -2.33. The second-order valence-electron chi connectivity index (χ2n) is 6.40. The van der Waals surface area contributed by atoms with Gasteiger partial charge in [-0.05, 0) is 36.8 Å². The number of carbonyl (C=O) groups is 3. The zero-order valence-electron chi connectivity index (χ0n) is 15.9. The number of imide groups is 1. The Labute approximate surface area is 182 Å². The molecule has 3 rings (SSSR count). The molecule has 156 valence electrons. The number of esters is 1. The first-order valence-electron chi connectivity index (χ1n) is 9.12. The van der Waals surface area contributed by atoms with Crippen LogP contribution in [0.3, 0.4) is 0 Å². The molecule has 0 bridgehead atoms. The molecule has 1 aliphatic heterocycles. The number of carbonyl (C=O) groups excluding carboxylic acids is 3. The summed E-state index contributed by atoms with van der Waals surface area (Å²) in [6.45, 7) is 2.18. The number of ether oxygens (including phenoxy) is 1. The summed E-state index contributed by atoms with van der Waals surface area (Å²) in [5.74, 6) is -2.85. The number of hydrogen-bond acceptors (Lipinski definition) is 5. The van der Waals surface area contributed by atoms with Crippen LogP contribution in [0.25, 0.3) is 0 Å². The maximum Gasteiger partial charge on any atom is 0.340 e. The maximum absolute atomic E-state index is 13.4. The van der Waals surface area contributed by atoms with Gasteiger partial charge in [0.15, 0.2) is 0 Å². The number of unbranched alkanes of at least 4 members (excludes halogenated alkanes) is 1. The molecule has 2 aromatic rings. The van der Waals surface area contributed by atoms with Gasteiger partial charge < -0.3 is 10.1 Å². The zero-order chi connectivity index (χ0) is 21.8. The molecular weight excluding hydrogens is 434 g/mol. The van der Waals surface area contributed by atoms with E-state index in [2.05, 4.69) is 5.32 Å². The fourth-order valence-electron chi connectivity index (χ4n) is 2.78. The predicted octanol–water partition coefficient (Wildman–Crippen LogP) is 4.87. The van der Waals surface area contributed by atoms with Gasteiger partial charge in [-0.3, -0.25) is 9.59 Å².